The van der Waals surface area contributed by atoms with Crippen molar-refractivity contribution >= 4 is 27.2 Å². The molecule has 0 aliphatic carbocycles. The van der Waals surface area contributed by atoms with Gasteiger partial charge in [-0.3, -0.25) is 0 Å². The van der Waals surface area contributed by atoms with E-state index in [9.17, 15) is 0 Å². The lowest BCUT2D eigenvalue weighted by Crippen LogP contribution is -3.00. The van der Waals surface area contributed by atoms with Crippen LogP contribution < -0.4 is 21.9 Å². The van der Waals surface area contributed by atoms with Gasteiger partial charge < -0.3 is 17.3 Å². The minimum atomic E-state index is 0. The number of anilines is 1. The first-order valence-electron chi connectivity index (χ1n) is 7.81. The fourth-order valence-electron chi connectivity index (χ4n) is 2.84. The average molecular weight is 347 g/mol. The third-order valence-corrected chi connectivity index (χ3v) is 5.35. The van der Waals surface area contributed by atoms with Gasteiger partial charge in [0.25, 0.3) is 5.01 Å². The van der Waals surface area contributed by atoms with Crippen LogP contribution in [-0.4, -0.2) is 13.6 Å². The van der Waals surface area contributed by atoms with Gasteiger partial charge in [-0.2, -0.15) is 4.57 Å². The van der Waals surface area contributed by atoms with Crippen molar-refractivity contribution in [3.63, 3.8) is 0 Å². The molecule has 0 aliphatic rings. The summed E-state index contributed by atoms with van der Waals surface area (Å²) in [6.07, 6.45) is 1.17. The summed E-state index contributed by atoms with van der Waals surface area (Å²) in [5.41, 5.74) is 5.19. The predicted octanol–water partition coefficient (Wildman–Crippen LogP) is 1.55. The zero-order valence-electron chi connectivity index (χ0n) is 14.1. The van der Waals surface area contributed by atoms with E-state index in [-0.39, 0.29) is 12.4 Å². The molecule has 0 aliphatic heterocycles. The highest BCUT2D eigenvalue weighted by molar-refractivity contribution is 7.21. The molecule has 0 spiro atoms. The van der Waals surface area contributed by atoms with Gasteiger partial charge in [-0.1, -0.05) is 24.3 Å². The molecule has 0 radical (unpaired) electrons. The highest BCUT2D eigenvalue weighted by Crippen LogP contribution is 2.30. The quantitative estimate of drug-likeness (QED) is 0.650. The first-order valence-corrected chi connectivity index (χ1v) is 8.62. The van der Waals surface area contributed by atoms with Crippen molar-refractivity contribution in [2.75, 3.05) is 18.5 Å². The standard InChI is InChI=1S/C19H23N2S.ClH/c1-5-12-20(3)16-9-7-15(8-10-16)19-21(4)17-11-6-14(2)13-18(17)22-19;/h6-11,13H,5,12H2,1-4H3;1H/q+1;/p-1. The molecule has 23 heavy (non-hydrogen) atoms. The van der Waals surface area contributed by atoms with E-state index in [4.69, 9.17) is 0 Å². The van der Waals surface area contributed by atoms with Crippen LogP contribution in [0.5, 0.6) is 0 Å². The SMILES string of the molecule is CCCN(C)c1ccc(-c2sc3cc(C)ccc3[n+]2C)cc1.[Cl-]. The lowest BCUT2D eigenvalue weighted by Gasteiger charge is -2.18. The van der Waals surface area contributed by atoms with E-state index in [0.29, 0.717) is 0 Å². The molecule has 0 bridgehead atoms. The summed E-state index contributed by atoms with van der Waals surface area (Å²) in [7, 11) is 4.31. The zero-order valence-corrected chi connectivity index (χ0v) is 15.7. The molecule has 3 rings (SSSR count). The molecule has 122 valence electrons. The smallest absolute Gasteiger partial charge is 0.269 e. The van der Waals surface area contributed by atoms with Crippen molar-refractivity contribution in [2.45, 2.75) is 20.3 Å². The number of hydrogen-bond donors (Lipinski definition) is 0. The molecule has 0 N–H and O–H groups in total. The van der Waals surface area contributed by atoms with Crippen LogP contribution in [0, 0.1) is 6.92 Å². The molecule has 4 heteroatoms. The third-order valence-electron chi connectivity index (χ3n) is 4.10. The summed E-state index contributed by atoms with van der Waals surface area (Å²) < 4.78 is 3.65. The van der Waals surface area contributed by atoms with Gasteiger partial charge in [0, 0.05) is 25.3 Å². The van der Waals surface area contributed by atoms with E-state index in [2.05, 4.69) is 79.9 Å². The normalized spacial score (nSPS) is 10.6. The number of aromatic nitrogens is 1. The van der Waals surface area contributed by atoms with E-state index in [0.717, 1.165) is 6.54 Å². The number of halogens is 1. The lowest BCUT2D eigenvalue weighted by atomic mass is 10.2. The number of hydrogen-bond acceptors (Lipinski definition) is 2. The van der Waals surface area contributed by atoms with E-state index >= 15 is 0 Å². The summed E-state index contributed by atoms with van der Waals surface area (Å²) in [6, 6.07) is 15.6. The van der Waals surface area contributed by atoms with Crippen molar-refractivity contribution in [1.29, 1.82) is 0 Å². The Morgan fingerprint density at radius 2 is 1.78 bits per heavy atom. The molecule has 0 saturated carbocycles. The fourth-order valence-corrected chi connectivity index (χ4v) is 4.09. The molecule has 3 aromatic rings. The van der Waals surface area contributed by atoms with Crippen molar-refractivity contribution in [3.05, 3.63) is 48.0 Å². The number of fused-ring (bicyclic) bond motifs is 1. The van der Waals surface area contributed by atoms with Crippen molar-refractivity contribution in [3.8, 4) is 10.6 Å². The lowest BCUT2D eigenvalue weighted by molar-refractivity contribution is -0.629. The van der Waals surface area contributed by atoms with E-state index in [1.165, 1.54) is 38.5 Å². The Balaban J connectivity index is 0.00000192. The van der Waals surface area contributed by atoms with Gasteiger partial charge in [-0.25, -0.2) is 0 Å². The van der Waals surface area contributed by atoms with Gasteiger partial charge in [0.15, 0.2) is 0 Å². The zero-order chi connectivity index (χ0) is 15.7. The molecule has 1 aromatic heterocycles. The van der Waals surface area contributed by atoms with Gasteiger partial charge in [-0.15, -0.1) is 0 Å². The summed E-state index contributed by atoms with van der Waals surface area (Å²) in [5.74, 6) is 0. The second-order valence-corrected chi connectivity index (χ2v) is 6.94. The Morgan fingerprint density at radius 3 is 2.43 bits per heavy atom. The van der Waals surface area contributed by atoms with Crippen molar-refractivity contribution < 1.29 is 17.0 Å². The summed E-state index contributed by atoms with van der Waals surface area (Å²) in [5, 5.41) is 1.31. The molecule has 0 amide bonds. The number of benzene rings is 2. The van der Waals surface area contributed by atoms with Gasteiger partial charge in [0.1, 0.15) is 11.7 Å². The molecule has 0 fully saturated rings. The predicted molar refractivity (Wildman–Crippen MR) is 96.7 cm³/mol. The minimum absolute atomic E-state index is 0. The van der Waals surface area contributed by atoms with Gasteiger partial charge in [0.2, 0.25) is 5.52 Å². The molecule has 0 atom stereocenters. The Labute approximate surface area is 148 Å². The molecule has 0 unspecified atom stereocenters. The molecule has 0 saturated heterocycles. The highest BCUT2D eigenvalue weighted by Gasteiger charge is 2.18. The second-order valence-electron chi connectivity index (χ2n) is 5.91. The number of thiazole rings is 1. The first-order chi connectivity index (χ1) is 10.6. The van der Waals surface area contributed by atoms with Gasteiger partial charge in [-0.05, 0) is 49.2 Å². The van der Waals surface area contributed by atoms with Gasteiger partial charge in [0.05, 0.1) is 5.56 Å². The number of nitrogens with zero attached hydrogens (tertiary/aromatic N) is 2. The molecule has 2 nitrogen and oxygen atoms in total. The van der Waals surface area contributed by atoms with E-state index < -0.39 is 0 Å². The van der Waals surface area contributed by atoms with Crippen LogP contribution >= 0.6 is 11.3 Å². The van der Waals surface area contributed by atoms with Crippen LogP contribution in [0.25, 0.3) is 20.8 Å². The van der Waals surface area contributed by atoms with E-state index in [1.54, 1.807) is 0 Å². The van der Waals surface area contributed by atoms with Crippen LogP contribution in [0.2, 0.25) is 0 Å². The first kappa shape index (κ1) is 17.8. The fraction of sp³-hybridized carbons (Fsp3) is 0.316. The monoisotopic (exact) mass is 346 g/mol. The molecular formula is C19H23ClN2S. The van der Waals surface area contributed by atoms with Crippen LogP contribution in [0.1, 0.15) is 18.9 Å². The van der Waals surface area contributed by atoms with Crippen molar-refractivity contribution in [1.82, 2.24) is 0 Å². The topological polar surface area (TPSA) is 7.12 Å². The second kappa shape index (κ2) is 7.33. The summed E-state index contributed by atoms with van der Waals surface area (Å²) in [4.78, 5) is 2.30. The third kappa shape index (κ3) is 3.51. The van der Waals surface area contributed by atoms with Crippen LogP contribution in [0.15, 0.2) is 42.5 Å². The Bertz CT molecular complexity index is 793. The minimum Gasteiger partial charge on any atom is -1.00 e. The summed E-state index contributed by atoms with van der Waals surface area (Å²) >= 11 is 1.87. The molecule has 2 aromatic carbocycles. The van der Waals surface area contributed by atoms with Crippen LogP contribution in [0.4, 0.5) is 5.69 Å². The van der Waals surface area contributed by atoms with Gasteiger partial charge >= 0.3 is 0 Å². The maximum absolute atomic E-state index is 2.30. The highest BCUT2D eigenvalue weighted by atomic mass is 35.5. The Hall–Kier alpha value is -1.58. The largest absolute Gasteiger partial charge is 1.00 e. The Kier molecular flexibility index (Phi) is 5.66. The molecular weight excluding hydrogens is 324 g/mol. The number of aryl methyl sites for hydroxylation is 2. The summed E-state index contributed by atoms with van der Waals surface area (Å²) in [6.45, 7) is 5.45. The van der Waals surface area contributed by atoms with Crippen LogP contribution in [0.3, 0.4) is 0 Å². The van der Waals surface area contributed by atoms with E-state index in [1.807, 2.05) is 11.3 Å². The molecule has 1 heterocycles. The maximum atomic E-state index is 2.30. The Morgan fingerprint density at radius 1 is 1.09 bits per heavy atom. The van der Waals surface area contributed by atoms with Crippen molar-refractivity contribution in [2.24, 2.45) is 7.05 Å². The number of rotatable bonds is 4. The average Bonchev–Trinajstić information content (AvgIpc) is 2.84. The van der Waals surface area contributed by atoms with Crippen LogP contribution in [-0.2, 0) is 7.05 Å². The maximum Gasteiger partial charge on any atom is 0.269 e.